The standard InChI is InChI=1S/C16H14Cl2N2O3S/c1-9(14(21)20-12-7-3-6-11(17)13(12)18)23-16(22)10-5-4-8-19-15(10)24-2/h3-9H,1-2H3,(H,20,21). The van der Waals surface area contributed by atoms with E-state index in [-0.39, 0.29) is 5.02 Å². The molecule has 5 nitrogen and oxygen atoms in total. The normalized spacial score (nSPS) is 11.7. The summed E-state index contributed by atoms with van der Waals surface area (Å²) in [7, 11) is 0. The molecule has 0 aliphatic carbocycles. The highest BCUT2D eigenvalue weighted by Gasteiger charge is 2.22. The first-order valence-corrected chi connectivity index (χ1v) is 8.87. The van der Waals surface area contributed by atoms with Crippen molar-refractivity contribution in [1.29, 1.82) is 0 Å². The number of nitrogens with zero attached hydrogens (tertiary/aromatic N) is 1. The summed E-state index contributed by atoms with van der Waals surface area (Å²) in [4.78, 5) is 28.5. The van der Waals surface area contributed by atoms with E-state index in [0.29, 0.717) is 21.3 Å². The van der Waals surface area contributed by atoms with Crippen LogP contribution < -0.4 is 5.32 Å². The first-order valence-electron chi connectivity index (χ1n) is 6.89. The van der Waals surface area contributed by atoms with Gasteiger partial charge in [0.2, 0.25) is 0 Å². The highest BCUT2D eigenvalue weighted by atomic mass is 35.5. The Hall–Kier alpha value is -1.76. The molecule has 24 heavy (non-hydrogen) atoms. The van der Waals surface area contributed by atoms with E-state index >= 15 is 0 Å². The van der Waals surface area contributed by atoms with Gasteiger partial charge in [0.25, 0.3) is 5.91 Å². The molecule has 2 aromatic rings. The van der Waals surface area contributed by atoms with Crippen molar-refractivity contribution in [2.75, 3.05) is 11.6 Å². The molecule has 0 bridgehead atoms. The number of benzene rings is 1. The first kappa shape index (κ1) is 18.6. The third-order valence-corrected chi connectivity index (χ3v) is 4.58. The van der Waals surface area contributed by atoms with Gasteiger partial charge in [0.15, 0.2) is 6.10 Å². The van der Waals surface area contributed by atoms with Crippen LogP contribution in [-0.2, 0) is 9.53 Å². The topological polar surface area (TPSA) is 68.3 Å². The maximum absolute atomic E-state index is 12.2. The number of thioether (sulfide) groups is 1. The van der Waals surface area contributed by atoms with Gasteiger partial charge in [-0.1, -0.05) is 29.3 Å². The summed E-state index contributed by atoms with van der Waals surface area (Å²) in [6, 6.07) is 8.09. The second-order valence-corrected chi connectivity index (χ2v) is 6.28. The molecule has 0 aliphatic rings. The van der Waals surface area contributed by atoms with Gasteiger partial charge in [0.1, 0.15) is 5.03 Å². The molecule has 0 fully saturated rings. The average Bonchev–Trinajstić information content (AvgIpc) is 2.58. The average molecular weight is 385 g/mol. The highest BCUT2D eigenvalue weighted by molar-refractivity contribution is 7.98. The van der Waals surface area contributed by atoms with Gasteiger partial charge in [0.05, 0.1) is 21.3 Å². The van der Waals surface area contributed by atoms with Crippen molar-refractivity contribution < 1.29 is 14.3 Å². The maximum Gasteiger partial charge on any atom is 0.341 e. The van der Waals surface area contributed by atoms with Crippen LogP contribution in [0, 0.1) is 0 Å². The monoisotopic (exact) mass is 384 g/mol. The fourth-order valence-electron chi connectivity index (χ4n) is 1.82. The van der Waals surface area contributed by atoms with Crippen LogP contribution in [0.5, 0.6) is 0 Å². The van der Waals surface area contributed by atoms with Crippen molar-refractivity contribution in [2.45, 2.75) is 18.1 Å². The van der Waals surface area contributed by atoms with Crippen molar-refractivity contribution in [3.05, 3.63) is 52.1 Å². The van der Waals surface area contributed by atoms with E-state index in [9.17, 15) is 9.59 Å². The van der Waals surface area contributed by atoms with Crippen LogP contribution in [0.25, 0.3) is 0 Å². The van der Waals surface area contributed by atoms with Gasteiger partial charge in [-0.3, -0.25) is 4.79 Å². The molecule has 2 rings (SSSR count). The Morgan fingerprint density at radius 3 is 2.71 bits per heavy atom. The molecule has 1 aromatic heterocycles. The number of amides is 1. The predicted octanol–water partition coefficient (Wildman–Crippen LogP) is 4.29. The first-order chi connectivity index (χ1) is 11.4. The SMILES string of the molecule is CSc1ncccc1C(=O)OC(C)C(=O)Nc1cccc(Cl)c1Cl. The zero-order valence-corrected chi connectivity index (χ0v) is 15.2. The molecule has 1 atom stereocenters. The molecule has 0 radical (unpaired) electrons. The Morgan fingerprint density at radius 2 is 2.00 bits per heavy atom. The lowest BCUT2D eigenvalue weighted by Gasteiger charge is -2.15. The number of hydrogen-bond donors (Lipinski definition) is 1. The molecule has 1 N–H and O–H groups in total. The number of esters is 1. The number of carbonyl (C=O) groups is 2. The molecule has 0 aliphatic heterocycles. The van der Waals surface area contributed by atoms with Crippen molar-refractivity contribution >= 4 is 52.5 Å². The number of anilines is 1. The molecule has 1 heterocycles. The van der Waals surface area contributed by atoms with Crippen LogP contribution in [0.4, 0.5) is 5.69 Å². The van der Waals surface area contributed by atoms with E-state index in [1.54, 1.807) is 42.8 Å². The summed E-state index contributed by atoms with van der Waals surface area (Å²) >= 11 is 13.2. The summed E-state index contributed by atoms with van der Waals surface area (Å²) in [5.41, 5.74) is 0.661. The summed E-state index contributed by atoms with van der Waals surface area (Å²) in [5.74, 6) is -1.13. The van der Waals surface area contributed by atoms with Gasteiger partial charge in [-0.25, -0.2) is 9.78 Å². The minimum absolute atomic E-state index is 0.225. The summed E-state index contributed by atoms with van der Waals surface area (Å²) in [5, 5.41) is 3.66. The third kappa shape index (κ3) is 4.41. The van der Waals surface area contributed by atoms with Crippen LogP contribution in [0.1, 0.15) is 17.3 Å². The zero-order valence-electron chi connectivity index (χ0n) is 12.9. The Kier molecular flexibility index (Phi) is 6.48. The van der Waals surface area contributed by atoms with E-state index in [4.69, 9.17) is 27.9 Å². The molecule has 0 spiro atoms. The summed E-state index contributed by atoms with van der Waals surface area (Å²) in [6.45, 7) is 1.47. The fourth-order valence-corrected chi connectivity index (χ4v) is 2.71. The number of halogens is 2. The number of nitrogens with one attached hydrogen (secondary N) is 1. The minimum atomic E-state index is -1.01. The molecular weight excluding hydrogens is 371 g/mol. The van der Waals surface area contributed by atoms with E-state index in [1.807, 2.05) is 0 Å². The second-order valence-electron chi connectivity index (χ2n) is 4.70. The van der Waals surface area contributed by atoms with Crippen LogP contribution in [0.2, 0.25) is 10.0 Å². The summed E-state index contributed by atoms with van der Waals surface area (Å²) < 4.78 is 5.20. The Balaban J connectivity index is 2.06. The Labute approximate surface area is 153 Å². The zero-order chi connectivity index (χ0) is 17.7. The smallest absolute Gasteiger partial charge is 0.341 e. The number of ether oxygens (including phenoxy) is 1. The van der Waals surface area contributed by atoms with Crippen LogP contribution in [-0.4, -0.2) is 29.2 Å². The van der Waals surface area contributed by atoms with Crippen LogP contribution in [0.15, 0.2) is 41.6 Å². The van der Waals surface area contributed by atoms with E-state index in [1.165, 1.54) is 18.7 Å². The fraction of sp³-hybridized carbons (Fsp3) is 0.188. The van der Waals surface area contributed by atoms with Gasteiger partial charge in [-0.2, -0.15) is 0 Å². The number of carbonyl (C=O) groups excluding carboxylic acids is 2. The number of rotatable bonds is 5. The lowest BCUT2D eigenvalue weighted by atomic mass is 10.2. The molecule has 1 unspecified atom stereocenters. The van der Waals surface area contributed by atoms with Gasteiger partial charge in [-0.15, -0.1) is 11.8 Å². The number of hydrogen-bond acceptors (Lipinski definition) is 5. The summed E-state index contributed by atoms with van der Waals surface area (Å²) in [6.07, 6.45) is 2.37. The second kappa shape index (κ2) is 8.37. The number of pyridine rings is 1. The quantitative estimate of drug-likeness (QED) is 0.614. The highest BCUT2D eigenvalue weighted by Crippen LogP contribution is 2.29. The predicted molar refractivity (Wildman–Crippen MR) is 96.0 cm³/mol. The minimum Gasteiger partial charge on any atom is -0.449 e. The van der Waals surface area contributed by atoms with Crippen LogP contribution >= 0.6 is 35.0 Å². The number of aromatic nitrogens is 1. The van der Waals surface area contributed by atoms with E-state index < -0.39 is 18.0 Å². The largest absolute Gasteiger partial charge is 0.449 e. The van der Waals surface area contributed by atoms with Crippen molar-refractivity contribution in [3.63, 3.8) is 0 Å². The molecule has 1 aromatic carbocycles. The lowest BCUT2D eigenvalue weighted by Crippen LogP contribution is -2.30. The van der Waals surface area contributed by atoms with Crippen LogP contribution in [0.3, 0.4) is 0 Å². The van der Waals surface area contributed by atoms with Gasteiger partial charge >= 0.3 is 5.97 Å². The van der Waals surface area contributed by atoms with Crippen molar-refractivity contribution in [1.82, 2.24) is 4.98 Å². The molecule has 0 saturated carbocycles. The van der Waals surface area contributed by atoms with Crippen molar-refractivity contribution in [3.8, 4) is 0 Å². The van der Waals surface area contributed by atoms with E-state index in [0.717, 1.165) is 0 Å². The molecular formula is C16H14Cl2N2O3S. The lowest BCUT2D eigenvalue weighted by molar-refractivity contribution is -0.123. The molecule has 126 valence electrons. The van der Waals surface area contributed by atoms with Crippen molar-refractivity contribution in [2.24, 2.45) is 0 Å². The Bertz CT molecular complexity index is 771. The maximum atomic E-state index is 12.2. The van der Waals surface area contributed by atoms with Gasteiger partial charge in [0, 0.05) is 6.20 Å². The Morgan fingerprint density at radius 1 is 1.25 bits per heavy atom. The molecule has 8 heteroatoms. The van der Waals surface area contributed by atoms with Gasteiger partial charge in [-0.05, 0) is 37.4 Å². The van der Waals surface area contributed by atoms with E-state index in [2.05, 4.69) is 10.3 Å². The molecule has 1 amide bonds. The third-order valence-electron chi connectivity index (χ3n) is 3.05. The molecule has 0 saturated heterocycles. The van der Waals surface area contributed by atoms with Gasteiger partial charge < -0.3 is 10.1 Å².